The number of anilines is 1. The first-order chi connectivity index (χ1) is 16.1. The number of unbranched alkanes of at least 4 members (excludes halogenated alkanes) is 1. The highest BCUT2D eigenvalue weighted by Crippen LogP contribution is 2.29. The minimum Gasteiger partial charge on any atom is -0.329 e. The molecule has 3 rings (SSSR count). The van der Waals surface area contributed by atoms with Crippen LogP contribution >= 0.6 is 27.5 Å². The maximum absolute atomic E-state index is 13.1. The van der Waals surface area contributed by atoms with E-state index in [0.717, 1.165) is 23.0 Å². The minimum absolute atomic E-state index is 0.0621. The minimum atomic E-state index is -0.296. The molecule has 0 saturated carbocycles. The molecule has 0 aliphatic carbocycles. The standard InChI is InChI=1S/C26H30BrClN4O2/c1-5-6-15-31(25(34)18-11-13-19(27)14-12-18)17-24(33)29-23-16-22(26(2,3)4)30-32(23)21-10-8-7-9-20(21)28/h7-14,16H,5-6,15,17H2,1-4H3,(H,29,33). The third-order valence-corrected chi connectivity index (χ3v) is 6.17. The number of carbonyl (C=O) groups excluding carboxylic acids is 2. The van der Waals surface area contributed by atoms with Gasteiger partial charge in [-0.1, -0.05) is 73.8 Å². The summed E-state index contributed by atoms with van der Waals surface area (Å²) in [5.41, 5.74) is 1.81. The van der Waals surface area contributed by atoms with Crippen LogP contribution in [0.2, 0.25) is 5.02 Å². The maximum Gasteiger partial charge on any atom is 0.254 e. The van der Waals surface area contributed by atoms with Crippen molar-refractivity contribution in [3.05, 3.63) is 75.4 Å². The van der Waals surface area contributed by atoms with Crippen LogP contribution in [-0.2, 0) is 10.2 Å². The molecule has 6 nitrogen and oxygen atoms in total. The zero-order chi connectivity index (χ0) is 24.9. The molecule has 1 aromatic heterocycles. The number of rotatable bonds is 8. The first-order valence-electron chi connectivity index (χ1n) is 11.3. The van der Waals surface area contributed by atoms with E-state index in [1.807, 2.05) is 36.4 Å². The number of nitrogens with zero attached hydrogens (tertiary/aromatic N) is 3. The summed E-state index contributed by atoms with van der Waals surface area (Å²) in [6.07, 6.45) is 1.72. The smallest absolute Gasteiger partial charge is 0.254 e. The van der Waals surface area contributed by atoms with E-state index in [2.05, 4.69) is 48.9 Å². The van der Waals surface area contributed by atoms with Crippen LogP contribution in [0, 0.1) is 0 Å². The Labute approximate surface area is 214 Å². The quantitative estimate of drug-likeness (QED) is 0.353. The van der Waals surface area contributed by atoms with E-state index in [0.29, 0.717) is 28.6 Å². The van der Waals surface area contributed by atoms with Crippen molar-refractivity contribution in [3.63, 3.8) is 0 Å². The van der Waals surface area contributed by atoms with Crippen LogP contribution in [0.4, 0.5) is 5.82 Å². The van der Waals surface area contributed by atoms with Crippen molar-refractivity contribution in [2.45, 2.75) is 46.0 Å². The number of carbonyl (C=O) groups is 2. The fourth-order valence-electron chi connectivity index (χ4n) is 3.38. The van der Waals surface area contributed by atoms with Crippen LogP contribution in [-0.4, -0.2) is 39.6 Å². The highest BCUT2D eigenvalue weighted by atomic mass is 79.9. The average Bonchev–Trinajstić information content (AvgIpc) is 3.21. The van der Waals surface area contributed by atoms with Crippen LogP contribution < -0.4 is 5.32 Å². The van der Waals surface area contributed by atoms with Gasteiger partial charge in [0.1, 0.15) is 12.4 Å². The highest BCUT2D eigenvalue weighted by Gasteiger charge is 2.24. The molecule has 34 heavy (non-hydrogen) atoms. The zero-order valence-electron chi connectivity index (χ0n) is 19.9. The van der Waals surface area contributed by atoms with Gasteiger partial charge in [0.05, 0.1) is 16.4 Å². The Bertz CT molecular complexity index is 1150. The van der Waals surface area contributed by atoms with Crippen molar-refractivity contribution in [2.24, 2.45) is 0 Å². The van der Waals surface area contributed by atoms with Crippen LogP contribution in [0.15, 0.2) is 59.1 Å². The number of nitrogens with one attached hydrogen (secondary N) is 1. The van der Waals surface area contributed by atoms with Crippen molar-refractivity contribution in [1.82, 2.24) is 14.7 Å². The number of amides is 2. The predicted molar refractivity (Wildman–Crippen MR) is 141 cm³/mol. The molecule has 8 heteroatoms. The summed E-state index contributed by atoms with van der Waals surface area (Å²) in [4.78, 5) is 27.8. The van der Waals surface area contributed by atoms with Gasteiger partial charge >= 0.3 is 0 Å². The molecule has 0 atom stereocenters. The van der Waals surface area contributed by atoms with E-state index in [-0.39, 0.29) is 23.8 Å². The molecular weight excluding hydrogens is 516 g/mol. The molecule has 2 aromatic carbocycles. The Kier molecular flexibility index (Phi) is 8.55. The van der Waals surface area contributed by atoms with Crippen molar-refractivity contribution in [2.75, 3.05) is 18.4 Å². The summed E-state index contributed by atoms with van der Waals surface area (Å²) in [7, 11) is 0. The van der Waals surface area contributed by atoms with Crippen LogP contribution in [0.3, 0.4) is 0 Å². The van der Waals surface area contributed by atoms with Gasteiger partial charge in [-0.25, -0.2) is 4.68 Å². The highest BCUT2D eigenvalue weighted by molar-refractivity contribution is 9.10. The van der Waals surface area contributed by atoms with Gasteiger partial charge in [0.2, 0.25) is 5.91 Å². The van der Waals surface area contributed by atoms with Gasteiger partial charge in [0.25, 0.3) is 5.91 Å². The van der Waals surface area contributed by atoms with Gasteiger partial charge in [-0.2, -0.15) is 5.10 Å². The molecule has 180 valence electrons. The van der Waals surface area contributed by atoms with Gasteiger partial charge in [0.15, 0.2) is 0 Å². The fraction of sp³-hybridized carbons (Fsp3) is 0.346. The number of hydrogen-bond donors (Lipinski definition) is 1. The van der Waals surface area contributed by atoms with Crippen molar-refractivity contribution >= 4 is 45.2 Å². The summed E-state index contributed by atoms with van der Waals surface area (Å²) in [6.45, 7) is 8.66. The van der Waals surface area contributed by atoms with E-state index in [1.165, 1.54) is 0 Å². The molecule has 3 aromatic rings. The van der Waals surface area contributed by atoms with E-state index >= 15 is 0 Å². The third-order valence-electron chi connectivity index (χ3n) is 5.32. The second-order valence-corrected chi connectivity index (χ2v) is 10.5. The maximum atomic E-state index is 13.1. The monoisotopic (exact) mass is 544 g/mol. The third kappa shape index (κ3) is 6.48. The molecular formula is C26H30BrClN4O2. The second kappa shape index (κ2) is 11.2. The molecule has 0 radical (unpaired) electrons. The lowest BCUT2D eigenvalue weighted by Crippen LogP contribution is -2.39. The van der Waals surface area contributed by atoms with E-state index < -0.39 is 0 Å². The molecule has 0 spiro atoms. The van der Waals surface area contributed by atoms with Crippen molar-refractivity contribution in [1.29, 1.82) is 0 Å². The summed E-state index contributed by atoms with van der Waals surface area (Å²) in [6, 6.07) is 16.4. The Morgan fingerprint density at radius 3 is 2.41 bits per heavy atom. The second-order valence-electron chi connectivity index (χ2n) is 9.16. The largest absolute Gasteiger partial charge is 0.329 e. The van der Waals surface area contributed by atoms with E-state index in [4.69, 9.17) is 16.7 Å². The summed E-state index contributed by atoms with van der Waals surface area (Å²) in [5, 5.41) is 8.19. The molecule has 1 heterocycles. The average molecular weight is 546 g/mol. The SMILES string of the molecule is CCCCN(CC(=O)Nc1cc(C(C)(C)C)nn1-c1ccccc1Cl)C(=O)c1ccc(Br)cc1. The van der Waals surface area contributed by atoms with Crippen molar-refractivity contribution < 1.29 is 9.59 Å². The number of para-hydroxylation sites is 1. The fourth-order valence-corrected chi connectivity index (χ4v) is 3.86. The van der Waals surface area contributed by atoms with Gasteiger partial charge in [-0.3, -0.25) is 9.59 Å². The lowest BCUT2D eigenvalue weighted by molar-refractivity contribution is -0.116. The zero-order valence-corrected chi connectivity index (χ0v) is 22.3. The predicted octanol–water partition coefficient (Wildman–Crippen LogP) is 6.47. The molecule has 0 fully saturated rings. The van der Waals surface area contributed by atoms with Gasteiger partial charge in [-0.05, 0) is 42.8 Å². The Balaban J connectivity index is 1.86. The Morgan fingerprint density at radius 2 is 1.79 bits per heavy atom. The lowest BCUT2D eigenvalue weighted by atomic mass is 9.92. The van der Waals surface area contributed by atoms with Gasteiger partial charge in [-0.15, -0.1) is 0 Å². The Hall–Kier alpha value is -2.64. The van der Waals surface area contributed by atoms with Crippen molar-refractivity contribution in [3.8, 4) is 5.69 Å². The lowest BCUT2D eigenvalue weighted by Gasteiger charge is -2.22. The number of hydrogen-bond acceptors (Lipinski definition) is 3. The van der Waals surface area contributed by atoms with Crippen LogP contribution in [0.25, 0.3) is 5.69 Å². The summed E-state index contributed by atoms with van der Waals surface area (Å²) < 4.78 is 2.54. The van der Waals surface area contributed by atoms with Crippen LogP contribution in [0.1, 0.15) is 56.6 Å². The van der Waals surface area contributed by atoms with Gasteiger partial charge in [0, 0.05) is 28.1 Å². The van der Waals surface area contributed by atoms with E-state index in [9.17, 15) is 9.59 Å². The molecule has 2 amide bonds. The molecule has 0 saturated heterocycles. The molecule has 0 aliphatic heterocycles. The number of benzene rings is 2. The first kappa shape index (κ1) is 26.0. The molecule has 1 N–H and O–H groups in total. The number of aromatic nitrogens is 2. The Morgan fingerprint density at radius 1 is 1.12 bits per heavy atom. The van der Waals surface area contributed by atoms with Gasteiger partial charge < -0.3 is 10.2 Å². The topological polar surface area (TPSA) is 67.2 Å². The summed E-state index contributed by atoms with van der Waals surface area (Å²) >= 11 is 9.81. The number of halogens is 2. The normalized spacial score (nSPS) is 11.4. The molecule has 0 bridgehead atoms. The molecule has 0 unspecified atom stereocenters. The molecule has 0 aliphatic rings. The first-order valence-corrected chi connectivity index (χ1v) is 12.5. The van der Waals surface area contributed by atoms with Crippen LogP contribution in [0.5, 0.6) is 0 Å². The summed E-state index contributed by atoms with van der Waals surface area (Å²) in [5.74, 6) is 0.0378. The van der Waals surface area contributed by atoms with E-state index in [1.54, 1.807) is 27.8 Å².